The molecule has 1 aliphatic rings. The first kappa shape index (κ1) is 15.0. The molecule has 2 unspecified atom stereocenters. The molecule has 0 saturated carbocycles. The Labute approximate surface area is 134 Å². The number of halogens is 1. The fourth-order valence-corrected chi connectivity index (χ4v) is 2.77. The molecule has 0 bridgehead atoms. The van der Waals surface area contributed by atoms with Gasteiger partial charge in [-0.2, -0.15) is 0 Å². The Kier molecular flexibility index (Phi) is 4.73. The lowest BCUT2D eigenvalue weighted by molar-refractivity contribution is -0.125. The van der Waals surface area contributed by atoms with Gasteiger partial charge in [0.1, 0.15) is 0 Å². The third kappa shape index (κ3) is 3.47. The van der Waals surface area contributed by atoms with Crippen molar-refractivity contribution in [3.63, 3.8) is 0 Å². The molecule has 1 fully saturated rings. The Balaban J connectivity index is 1.65. The Morgan fingerprint density at radius 2 is 1.86 bits per heavy atom. The third-order valence-electron chi connectivity index (χ3n) is 3.86. The van der Waals surface area contributed by atoms with Crippen molar-refractivity contribution in [1.29, 1.82) is 0 Å². The normalized spacial score (nSPS) is 20.8. The highest BCUT2D eigenvalue weighted by atomic mass is 35.5. The van der Waals surface area contributed by atoms with Crippen LogP contribution in [0.15, 0.2) is 54.6 Å². The molecule has 1 saturated heterocycles. The zero-order chi connectivity index (χ0) is 15.4. The fraction of sp³-hybridized carbons (Fsp3) is 0.235. The van der Waals surface area contributed by atoms with Crippen LogP contribution in [0.1, 0.15) is 17.2 Å². The summed E-state index contributed by atoms with van der Waals surface area (Å²) in [5.41, 5.74) is 8.38. The number of hydrogen-bond acceptors (Lipinski definition) is 3. The Bertz CT molecular complexity index is 630. The van der Waals surface area contributed by atoms with E-state index < -0.39 is 0 Å². The number of nitrogens with one attached hydrogen (secondary N) is 3. The first-order valence-corrected chi connectivity index (χ1v) is 7.67. The minimum atomic E-state index is -0.148. The average Bonchev–Trinajstić information content (AvgIpc) is 3.04. The Hall–Kier alpha value is -1.88. The van der Waals surface area contributed by atoms with Crippen molar-refractivity contribution in [2.24, 2.45) is 5.92 Å². The molecule has 2 aromatic carbocycles. The molecule has 114 valence electrons. The van der Waals surface area contributed by atoms with Crippen molar-refractivity contribution >= 4 is 17.5 Å². The number of carbonyl (C=O) groups excluding carboxylic acids is 1. The summed E-state index contributed by atoms with van der Waals surface area (Å²) in [6.45, 7) is 1.15. The van der Waals surface area contributed by atoms with E-state index in [0.29, 0.717) is 18.1 Å². The van der Waals surface area contributed by atoms with Gasteiger partial charge in [0.15, 0.2) is 0 Å². The van der Waals surface area contributed by atoms with Gasteiger partial charge in [-0.15, -0.1) is 0 Å². The van der Waals surface area contributed by atoms with Gasteiger partial charge in [0.25, 0.3) is 0 Å². The highest BCUT2D eigenvalue weighted by Crippen LogP contribution is 2.26. The third-order valence-corrected chi connectivity index (χ3v) is 4.11. The van der Waals surface area contributed by atoms with Crippen LogP contribution in [-0.2, 0) is 11.3 Å². The maximum atomic E-state index is 12.5. The molecule has 0 aromatic heterocycles. The number of benzene rings is 2. The van der Waals surface area contributed by atoms with E-state index in [2.05, 4.69) is 16.2 Å². The molecule has 2 aromatic rings. The van der Waals surface area contributed by atoms with Gasteiger partial charge in [0.05, 0.1) is 12.0 Å². The standard InChI is InChI=1S/C17H18ClN3O/c18-14-8-6-13(7-9-14)16-15(11-20-21-16)17(22)19-10-12-4-2-1-3-5-12/h1-9,15-16,20-21H,10-11H2,(H,19,22). The number of rotatable bonds is 4. The topological polar surface area (TPSA) is 53.2 Å². The molecule has 5 heteroatoms. The van der Waals surface area contributed by atoms with Crippen LogP contribution in [0.3, 0.4) is 0 Å². The average molecular weight is 316 g/mol. The van der Waals surface area contributed by atoms with E-state index in [9.17, 15) is 4.79 Å². The fourth-order valence-electron chi connectivity index (χ4n) is 2.64. The van der Waals surface area contributed by atoms with Crippen molar-refractivity contribution in [2.75, 3.05) is 6.54 Å². The van der Waals surface area contributed by atoms with E-state index in [0.717, 1.165) is 11.1 Å². The van der Waals surface area contributed by atoms with Gasteiger partial charge >= 0.3 is 0 Å². The number of amides is 1. The highest BCUT2D eigenvalue weighted by Gasteiger charge is 2.33. The molecule has 0 radical (unpaired) electrons. The Morgan fingerprint density at radius 1 is 1.14 bits per heavy atom. The first-order valence-electron chi connectivity index (χ1n) is 7.29. The van der Waals surface area contributed by atoms with Gasteiger partial charge in [0, 0.05) is 18.1 Å². The van der Waals surface area contributed by atoms with Crippen LogP contribution in [0.5, 0.6) is 0 Å². The molecular formula is C17H18ClN3O. The molecule has 2 atom stereocenters. The molecule has 0 aliphatic carbocycles. The van der Waals surface area contributed by atoms with Crippen LogP contribution in [-0.4, -0.2) is 12.5 Å². The zero-order valence-electron chi connectivity index (χ0n) is 12.1. The lowest BCUT2D eigenvalue weighted by Crippen LogP contribution is -2.34. The van der Waals surface area contributed by atoms with Crippen LogP contribution in [0.2, 0.25) is 5.02 Å². The van der Waals surface area contributed by atoms with Gasteiger partial charge in [-0.1, -0.05) is 54.1 Å². The van der Waals surface area contributed by atoms with E-state index in [-0.39, 0.29) is 17.9 Å². The minimum absolute atomic E-state index is 0.0429. The predicted octanol–water partition coefficient (Wildman–Crippen LogP) is 2.42. The SMILES string of the molecule is O=C(NCc1ccccc1)C1CNNC1c1ccc(Cl)cc1. The van der Waals surface area contributed by atoms with Crippen LogP contribution in [0.25, 0.3) is 0 Å². The predicted molar refractivity (Wildman–Crippen MR) is 87.1 cm³/mol. The maximum absolute atomic E-state index is 12.5. The van der Waals surface area contributed by atoms with Gasteiger partial charge in [-0.05, 0) is 23.3 Å². The maximum Gasteiger partial charge on any atom is 0.226 e. The van der Waals surface area contributed by atoms with Crippen molar-refractivity contribution < 1.29 is 4.79 Å². The van der Waals surface area contributed by atoms with Crippen molar-refractivity contribution in [1.82, 2.24) is 16.2 Å². The van der Waals surface area contributed by atoms with E-state index in [1.807, 2.05) is 54.6 Å². The number of hydrogen-bond donors (Lipinski definition) is 3. The lowest BCUT2D eigenvalue weighted by atomic mass is 9.94. The van der Waals surface area contributed by atoms with E-state index >= 15 is 0 Å². The van der Waals surface area contributed by atoms with Gasteiger partial charge in [-0.25, -0.2) is 5.43 Å². The van der Waals surface area contributed by atoms with Gasteiger partial charge in [0.2, 0.25) is 5.91 Å². The second-order valence-electron chi connectivity index (χ2n) is 5.36. The summed E-state index contributed by atoms with van der Waals surface area (Å²) in [4.78, 5) is 12.5. The molecule has 4 nitrogen and oxygen atoms in total. The van der Waals surface area contributed by atoms with Crippen molar-refractivity contribution in [3.8, 4) is 0 Å². The van der Waals surface area contributed by atoms with Crippen LogP contribution in [0.4, 0.5) is 0 Å². The van der Waals surface area contributed by atoms with E-state index in [1.165, 1.54) is 0 Å². The summed E-state index contributed by atoms with van der Waals surface area (Å²) in [5, 5.41) is 3.70. The molecule has 1 heterocycles. The van der Waals surface area contributed by atoms with Crippen LogP contribution < -0.4 is 16.2 Å². The molecule has 1 aliphatic heterocycles. The summed E-state index contributed by atoms with van der Waals surface area (Å²) < 4.78 is 0. The quantitative estimate of drug-likeness (QED) is 0.812. The van der Waals surface area contributed by atoms with E-state index in [1.54, 1.807) is 0 Å². The number of carbonyl (C=O) groups is 1. The molecule has 3 rings (SSSR count). The summed E-state index contributed by atoms with van der Waals surface area (Å²) in [7, 11) is 0. The second kappa shape index (κ2) is 6.92. The van der Waals surface area contributed by atoms with E-state index in [4.69, 9.17) is 11.6 Å². The summed E-state index contributed by atoms with van der Waals surface area (Å²) >= 11 is 5.92. The molecular weight excluding hydrogens is 298 g/mol. The zero-order valence-corrected chi connectivity index (χ0v) is 12.8. The largest absolute Gasteiger partial charge is 0.352 e. The number of hydrazine groups is 1. The molecule has 22 heavy (non-hydrogen) atoms. The summed E-state index contributed by atoms with van der Waals surface area (Å²) in [6, 6.07) is 17.4. The first-order chi connectivity index (χ1) is 10.7. The van der Waals surface area contributed by atoms with Crippen molar-refractivity contribution in [3.05, 3.63) is 70.7 Å². The lowest BCUT2D eigenvalue weighted by Gasteiger charge is -2.18. The van der Waals surface area contributed by atoms with Crippen LogP contribution >= 0.6 is 11.6 Å². The smallest absolute Gasteiger partial charge is 0.226 e. The van der Waals surface area contributed by atoms with Crippen molar-refractivity contribution in [2.45, 2.75) is 12.6 Å². The summed E-state index contributed by atoms with van der Waals surface area (Å²) in [6.07, 6.45) is 0. The Morgan fingerprint density at radius 3 is 2.59 bits per heavy atom. The minimum Gasteiger partial charge on any atom is -0.352 e. The molecule has 0 spiro atoms. The van der Waals surface area contributed by atoms with Gasteiger partial charge in [-0.3, -0.25) is 10.2 Å². The molecule has 1 amide bonds. The second-order valence-corrected chi connectivity index (χ2v) is 5.80. The van der Waals surface area contributed by atoms with Crippen LogP contribution in [0, 0.1) is 5.92 Å². The monoisotopic (exact) mass is 315 g/mol. The highest BCUT2D eigenvalue weighted by molar-refractivity contribution is 6.30. The summed E-state index contributed by atoms with van der Waals surface area (Å²) in [5.74, 6) is -0.105. The van der Waals surface area contributed by atoms with Gasteiger partial charge < -0.3 is 5.32 Å². The molecule has 3 N–H and O–H groups in total.